The van der Waals surface area contributed by atoms with Crippen LogP contribution < -0.4 is 5.32 Å². The largest absolute Gasteiger partial charge is 0.351 e. The standard InChI is InChI=1S/C21H29ClN4O/c1-15(2)20-19(14-24-26(20)18-6-4-17(22)5-7-18)21(27)23-10-13-25-11-8-16(3)9-12-25/h4-7,14-16H,8-13H2,1-3H3,(H,23,27). The van der Waals surface area contributed by atoms with Crippen molar-refractivity contribution in [2.75, 3.05) is 26.2 Å². The van der Waals surface area contributed by atoms with E-state index < -0.39 is 0 Å². The number of hydrogen-bond donors (Lipinski definition) is 1. The SMILES string of the molecule is CC1CCN(CCNC(=O)c2cnn(-c3ccc(Cl)cc3)c2C(C)C)CC1. The topological polar surface area (TPSA) is 50.2 Å². The minimum atomic E-state index is -0.0516. The highest BCUT2D eigenvalue weighted by Gasteiger charge is 2.21. The summed E-state index contributed by atoms with van der Waals surface area (Å²) in [5.74, 6) is 0.944. The molecule has 6 heteroatoms. The number of rotatable bonds is 6. The Bertz CT molecular complexity index is 761. The number of benzene rings is 1. The second kappa shape index (κ2) is 8.89. The van der Waals surface area contributed by atoms with Crippen LogP contribution in [0.4, 0.5) is 0 Å². The molecule has 27 heavy (non-hydrogen) atoms. The highest BCUT2D eigenvalue weighted by atomic mass is 35.5. The maximum absolute atomic E-state index is 12.8. The van der Waals surface area contributed by atoms with Gasteiger partial charge in [0.1, 0.15) is 0 Å². The molecule has 5 nitrogen and oxygen atoms in total. The fourth-order valence-electron chi connectivity index (χ4n) is 3.58. The average Bonchev–Trinajstić information content (AvgIpc) is 3.09. The molecule has 1 amide bonds. The number of nitrogens with zero attached hydrogens (tertiary/aromatic N) is 3. The van der Waals surface area contributed by atoms with Gasteiger partial charge in [-0.05, 0) is 62.0 Å². The number of halogens is 1. The summed E-state index contributed by atoms with van der Waals surface area (Å²) in [5, 5.41) is 8.22. The van der Waals surface area contributed by atoms with Crippen LogP contribution in [0.15, 0.2) is 30.5 Å². The van der Waals surface area contributed by atoms with Gasteiger partial charge in [-0.25, -0.2) is 4.68 Å². The first-order valence-electron chi connectivity index (χ1n) is 9.80. The zero-order valence-corrected chi connectivity index (χ0v) is 17.2. The van der Waals surface area contributed by atoms with Gasteiger partial charge in [-0.1, -0.05) is 32.4 Å². The van der Waals surface area contributed by atoms with Crippen LogP contribution in [0, 0.1) is 5.92 Å². The lowest BCUT2D eigenvalue weighted by molar-refractivity contribution is 0.0943. The summed E-state index contributed by atoms with van der Waals surface area (Å²) in [4.78, 5) is 15.2. The van der Waals surface area contributed by atoms with Gasteiger partial charge in [0.15, 0.2) is 0 Å². The van der Waals surface area contributed by atoms with Gasteiger partial charge in [0.05, 0.1) is 23.1 Å². The molecule has 0 bridgehead atoms. The number of nitrogens with one attached hydrogen (secondary N) is 1. The normalized spacial score (nSPS) is 16.0. The van der Waals surface area contributed by atoms with Gasteiger partial charge in [-0.3, -0.25) is 4.79 Å². The number of amides is 1. The average molecular weight is 389 g/mol. The molecule has 1 aliphatic rings. The molecule has 1 saturated heterocycles. The summed E-state index contributed by atoms with van der Waals surface area (Å²) in [7, 11) is 0. The van der Waals surface area contributed by atoms with E-state index in [1.807, 2.05) is 28.9 Å². The first kappa shape index (κ1) is 19.9. The number of hydrogen-bond acceptors (Lipinski definition) is 3. The zero-order valence-electron chi connectivity index (χ0n) is 16.4. The molecule has 2 heterocycles. The van der Waals surface area contributed by atoms with Crippen molar-refractivity contribution >= 4 is 17.5 Å². The molecule has 1 fully saturated rings. The second-order valence-corrected chi connectivity index (χ2v) is 8.20. The number of aromatic nitrogens is 2. The Balaban J connectivity index is 1.66. The minimum Gasteiger partial charge on any atom is -0.351 e. The van der Waals surface area contributed by atoms with Crippen LogP contribution in [-0.2, 0) is 0 Å². The van der Waals surface area contributed by atoms with Crippen molar-refractivity contribution in [1.29, 1.82) is 0 Å². The number of piperidine rings is 1. The number of likely N-dealkylation sites (tertiary alicyclic amines) is 1. The van der Waals surface area contributed by atoms with E-state index in [4.69, 9.17) is 11.6 Å². The maximum Gasteiger partial charge on any atom is 0.254 e. The Kier molecular flexibility index (Phi) is 6.55. The number of carbonyl (C=O) groups excluding carboxylic acids is 1. The molecule has 0 radical (unpaired) electrons. The van der Waals surface area contributed by atoms with E-state index in [-0.39, 0.29) is 11.8 Å². The van der Waals surface area contributed by atoms with Gasteiger partial charge >= 0.3 is 0 Å². The molecule has 3 rings (SSSR count). The van der Waals surface area contributed by atoms with Gasteiger partial charge in [-0.2, -0.15) is 5.10 Å². The van der Waals surface area contributed by atoms with E-state index in [1.54, 1.807) is 6.20 Å². The van der Waals surface area contributed by atoms with E-state index >= 15 is 0 Å². The Morgan fingerprint density at radius 2 is 1.93 bits per heavy atom. The molecule has 0 saturated carbocycles. The molecule has 0 aliphatic carbocycles. The van der Waals surface area contributed by atoms with E-state index in [0.29, 0.717) is 17.1 Å². The van der Waals surface area contributed by atoms with Crippen molar-refractivity contribution in [2.45, 2.75) is 39.5 Å². The summed E-state index contributed by atoms with van der Waals surface area (Å²) in [6.45, 7) is 10.3. The molecule has 1 N–H and O–H groups in total. The highest BCUT2D eigenvalue weighted by Crippen LogP contribution is 2.24. The molecular formula is C21H29ClN4O. The van der Waals surface area contributed by atoms with Crippen LogP contribution in [0.25, 0.3) is 5.69 Å². The van der Waals surface area contributed by atoms with Crippen LogP contribution in [0.2, 0.25) is 5.02 Å². The fourth-order valence-corrected chi connectivity index (χ4v) is 3.71. The molecule has 2 aromatic rings. The molecule has 146 valence electrons. The van der Waals surface area contributed by atoms with E-state index in [1.165, 1.54) is 12.8 Å². The van der Waals surface area contributed by atoms with Gasteiger partial charge in [-0.15, -0.1) is 0 Å². The summed E-state index contributed by atoms with van der Waals surface area (Å²) in [6.07, 6.45) is 4.17. The Morgan fingerprint density at radius 1 is 1.26 bits per heavy atom. The minimum absolute atomic E-state index is 0.0516. The lowest BCUT2D eigenvalue weighted by Gasteiger charge is -2.30. The van der Waals surface area contributed by atoms with Gasteiger partial charge in [0, 0.05) is 18.1 Å². The quantitative estimate of drug-likeness (QED) is 0.810. The van der Waals surface area contributed by atoms with Crippen molar-refractivity contribution in [3.63, 3.8) is 0 Å². The number of carbonyl (C=O) groups is 1. The smallest absolute Gasteiger partial charge is 0.254 e. The third-order valence-corrected chi connectivity index (χ3v) is 5.51. The van der Waals surface area contributed by atoms with E-state index in [2.05, 4.69) is 36.1 Å². The monoisotopic (exact) mass is 388 g/mol. The van der Waals surface area contributed by atoms with Crippen LogP contribution in [0.1, 0.15) is 55.6 Å². The van der Waals surface area contributed by atoms with Crippen LogP contribution in [0.5, 0.6) is 0 Å². The summed E-state index contributed by atoms with van der Waals surface area (Å²) in [5.41, 5.74) is 2.47. The van der Waals surface area contributed by atoms with Crippen LogP contribution in [-0.4, -0.2) is 46.8 Å². The predicted molar refractivity (Wildman–Crippen MR) is 110 cm³/mol. The van der Waals surface area contributed by atoms with Crippen molar-refractivity contribution in [1.82, 2.24) is 20.0 Å². The first-order chi connectivity index (χ1) is 13.0. The molecular weight excluding hydrogens is 360 g/mol. The molecule has 0 unspecified atom stereocenters. The molecule has 0 spiro atoms. The van der Waals surface area contributed by atoms with Crippen molar-refractivity contribution < 1.29 is 4.79 Å². The van der Waals surface area contributed by atoms with Gasteiger partial charge in [0.25, 0.3) is 5.91 Å². The summed E-state index contributed by atoms with van der Waals surface area (Å²) in [6, 6.07) is 7.50. The van der Waals surface area contributed by atoms with Crippen LogP contribution >= 0.6 is 11.6 Å². The first-order valence-corrected chi connectivity index (χ1v) is 10.2. The highest BCUT2D eigenvalue weighted by molar-refractivity contribution is 6.30. The van der Waals surface area contributed by atoms with E-state index in [0.717, 1.165) is 36.9 Å². The molecule has 1 aromatic heterocycles. The van der Waals surface area contributed by atoms with Gasteiger partial charge < -0.3 is 10.2 Å². The zero-order chi connectivity index (χ0) is 19.4. The Morgan fingerprint density at radius 3 is 2.56 bits per heavy atom. The third-order valence-electron chi connectivity index (χ3n) is 5.26. The molecule has 0 atom stereocenters. The van der Waals surface area contributed by atoms with Gasteiger partial charge in [0.2, 0.25) is 0 Å². The van der Waals surface area contributed by atoms with Crippen molar-refractivity contribution in [2.24, 2.45) is 5.92 Å². The Hall–Kier alpha value is -1.85. The fraction of sp³-hybridized carbons (Fsp3) is 0.524. The van der Waals surface area contributed by atoms with Crippen molar-refractivity contribution in [3.05, 3.63) is 46.7 Å². The van der Waals surface area contributed by atoms with Crippen LogP contribution in [0.3, 0.4) is 0 Å². The Labute approximate surface area is 166 Å². The lowest BCUT2D eigenvalue weighted by Crippen LogP contribution is -2.39. The maximum atomic E-state index is 12.8. The third kappa shape index (κ3) is 4.90. The lowest BCUT2D eigenvalue weighted by atomic mass is 9.99. The second-order valence-electron chi connectivity index (χ2n) is 7.77. The molecule has 1 aliphatic heterocycles. The molecule has 1 aromatic carbocycles. The summed E-state index contributed by atoms with van der Waals surface area (Å²) < 4.78 is 1.84. The van der Waals surface area contributed by atoms with E-state index in [9.17, 15) is 4.79 Å². The predicted octanol–water partition coefficient (Wildman–Crippen LogP) is 4.11. The summed E-state index contributed by atoms with van der Waals surface area (Å²) >= 11 is 5.99. The van der Waals surface area contributed by atoms with Crippen molar-refractivity contribution in [3.8, 4) is 5.69 Å².